The summed E-state index contributed by atoms with van der Waals surface area (Å²) < 4.78 is 2.85. The molecule has 0 fully saturated rings. The Morgan fingerprint density at radius 1 is 1.15 bits per heavy atom. The van der Waals surface area contributed by atoms with Crippen molar-refractivity contribution >= 4 is 34.3 Å². The fourth-order valence-electron chi connectivity index (χ4n) is 2.74. The summed E-state index contributed by atoms with van der Waals surface area (Å²) in [4.78, 5) is 29.3. The normalized spacial score (nSPS) is 11.1. The van der Waals surface area contributed by atoms with Crippen LogP contribution in [0.2, 0.25) is 5.02 Å². The molecule has 4 rings (SSSR count). The highest BCUT2D eigenvalue weighted by atomic mass is 35.5. The summed E-state index contributed by atoms with van der Waals surface area (Å²) in [5, 5.41) is 10.9. The highest BCUT2D eigenvalue weighted by molar-refractivity contribution is 6.31. The number of aromatic nitrogens is 5. The second-order valence-corrected chi connectivity index (χ2v) is 6.04. The highest BCUT2D eigenvalue weighted by Gasteiger charge is 2.15. The Kier molecular flexibility index (Phi) is 4.10. The van der Waals surface area contributed by atoms with Gasteiger partial charge in [0.15, 0.2) is 5.65 Å². The number of hydrogen-bond donors (Lipinski definition) is 1. The van der Waals surface area contributed by atoms with E-state index in [-0.39, 0.29) is 24.6 Å². The van der Waals surface area contributed by atoms with Crippen LogP contribution in [0, 0.1) is 0 Å². The minimum absolute atomic E-state index is 0.120. The van der Waals surface area contributed by atoms with Crippen molar-refractivity contribution in [3.8, 4) is 0 Å². The average molecular weight is 369 g/mol. The number of nitrogens with zero attached hydrogens (tertiary/aromatic N) is 5. The first-order valence-corrected chi connectivity index (χ1v) is 8.20. The van der Waals surface area contributed by atoms with E-state index in [0.717, 1.165) is 5.56 Å². The maximum Gasteiger partial charge on any atom is 0.297 e. The van der Waals surface area contributed by atoms with Gasteiger partial charge in [0.1, 0.15) is 12.9 Å². The van der Waals surface area contributed by atoms with E-state index in [9.17, 15) is 9.59 Å². The van der Waals surface area contributed by atoms with Crippen LogP contribution in [0.4, 0.5) is 0 Å². The van der Waals surface area contributed by atoms with Crippen LogP contribution in [-0.4, -0.2) is 30.1 Å². The molecule has 0 saturated heterocycles. The number of carbonyl (C=O) groups is 1. The maximum atomic E-state index is 12.7. The number of benzene rings is 1. The summed E-state index contributed by atoms with van der Waals surface area (Å²) >= 11 is 6.09. The van der Waals surface area contributed by atoms with Gasteiger partial charge in [0.2, 0.25) is 11.6 Å². The zero-order chi connectivity index (χ0) is 18.1. The molecule has 26 heavy (non-hydrogen) atoms. The lowest BCUT2D eigenvalue weighted by molar-refractivity contribution is -0.121. The zero-order valence-electron chi connectivity index (χ0n) is 13.5. The molecule has 1 amide bonds. The molecule has 0 radical (unpaired) electrons. The molecule has 4 aromatic rings. The second kappa shape index (κ2) is 6.57. The Labute approximate surface area is 152 Å². The summed E-state index contributed by atoms with van der Waals surface area (Å²) in [5.41, 5.74) is 1.55. The first kappa shape index (κ1) is 16.2. The molecule has 3 aromatic heterocycles. The molecule has 0 atom stereocenters. The fourth-order valence-corrected chi connectivity index (χ4v) is 2.95. The van der Waals surface area contributed by atoms with Crippen LogP contribution in [0.1, 0.15) is 5.56 Å². The van der Waals surface area contributed by atoms with E-state index in [0.29, 0.717) is 16.2 Å². The number of amides is 1. The molecule has 3 heterocycles. The molecule has 1 aromatic carbocycles. The minimum atomic E-state index is -0.407. The van der Waals surface area contributed by atoms with Crippen molar-refractivity contribution < 1.29 is 4.79 Å². The number of hydrogen-bond acceptors (Lipinski definition) is 5. The molecule has 0 spiro atoms. The van der Waals surface area contributed by atoms with Crippen molar-refractivity contribution in [1.29, 1.82) is 0 Å². The second-order valence-electron chi connectivity index (χ2n) is 5.63. The molecule has 0 aliphatic rings. The third-order valence-electron chi connectivity index (χ3n) is 4.00. The number of nitrogens with one attached hydrogen (secondary N) is 1. The van der Waals surface area contributed by atoms with Gasteiger partial charge in [0, 0.05) is 17.8 Å². The molecule has 0 aliphatic carbocycles. The smallest absolute Gasteiger partial charge is 0.297 e. The van der Waals surface area contributed by atoms with E-state index in [1.807, 2.05) is 18.2 Å². The zero-order valence-corrected chi connectivity index (χ0v) is 14.2. The predicted molar refractivity (Wildman–Crippen MR) is 95.8 cm³/mol. The molecule has 8 nitrogen and oxygen atoms in total. The Bertz CT molecular complexity index is 1180. The summed E-state index contributed by atoms with van der Waals surface area (Å²) in [6, 6.07) is 10.7. The summed E-state index contributed by atoms with van der Waals surface area (Å²) in [5.74, 6) is -0.318. The van der Waals surface area contributed by atoms with Crippen LogP contribution < -0.4 is 10.9 Å². The van der Waals surface area contributed by atoms with E-state index in [2.05, 4.69) is 20.5 Å². The van der Waals surface area contributed by atoms with Crippen LogP contribution in [-0.2, 0) is 17.9 Å². The Morgan fingerprint density at radius 2 is 2.00 bits per heavy atom. The molecule has 1 N–H and O–H groups in total. The number of rotatable bonds is 4. The monoisotopic (exact) mass is 368 g/mol. The van der Waals surface area contributed by atoms with Crippen LogP contribution in [0.5, 0.6) is 0 Å². The summed E-state index contributed by atoms with van der Waals surface area (Å²) in [7, 11) is 0. The van der Waals surface area contributed by atoms with Crippen molar-refractivity contribution in [2.75, 3.05) is 0 Å². The van der Waals surface area contributed by atoms with E-state index in [1.165, 1.54) is 15.3 Å². The van der Waals surface area contributed by atoms with Crippen molar-refractivity contribution in [1.82, 2.24) is 29.5 Å². The van der Waals surface area contributed by atoms with Gasteiger partial charge in [-0.05, 0) is 23.8 Å². The minimum Gasteiger partial charge on any atom is -0.350 e. The third-order valence-corrected chi connectivity index (χ3v) is 4.37. The SMILES string of the molecule is O=C(Cn1c(=O)c2nncn2c2ncccc21)NCc1ccccc1Cl. The Morgan fingerprint density at radius 3 is 2.85 bits per heavy atom. The van der Waals surface area contributed by atoms with Crippen molar-refractivity contribution in [2.45, 2.75) is 13.1 Å². The van der Waals surface area contributed by atoms with E-state index in [4.69, 9.17) is 11.6 Å². The van der Waals surface area contributed by atoms with Gasteiger partial charge in [-0.25, -0.2) is 4.98 Å². The first-order chi connectivity index (χ1) is 12.6. The van der Waals surface area contributed by atoms with Gasteiger partial charge in [-0.3, -0.25) is 18.6 Å². The molecule has 130 valence electrons. The number of halogens is 1. The molecule has 0 bridgehead atoms. The van der Waals surface area contributed by atoms with Gasteiger partial charge in [-0.1, -0.05) is 29.8 Å². The fraction of sp³-hybridized carbons (Fsp3) is 0.118. The third kappa shape index (κ3) is 2.80. The van der Waals surface area contributed by atoms with Gasteiger partial charge < -0.3 is 5.32 Å². The predicted octanol–water partition coefficient (Wildman–Crippen LogP) is 1.41. The highest BCUT2D eigenvalue weighted by Crippen LogP contribution is 2.14. The number of fused-ring (bicyclic) bond motifs is 3. The van der Waals surface area contributed by atoms with E-state index < -0.39 is 5.56 Å². The van der Waals surface area contributed by atoms with E-state index >= 15 is 0 Å². The van der Waals surface area contributed by atoms with Gasteiger partial charge >= 0.3 is 0 Å². The largest absolute Gasteiger partial charge is 0.350 e. The lowest BCUT2D eigenvalue weighted by Gasteiger charge is -2.11. The van der Waals surface area contributed by atoms with Crippen LogP contribution in [0.15, 0.2) is 53.7 Å². The summed E-state index contributed by atoms with van der Waals surface area (Å²) in [6.07, 6.45) is 3.03. The molecular weight excluding hydrogens is 356 g/mol. The average Bonchev–Trinajstić information content (AvgIpc) is 3.15. The lowest BCUT2D eigenvalue weighted by Crippen LogP contribution is -2.33. The van der Waals surface area contributed by atoms with Crippen LogP contribution in [0.3, 0.4) is 0 Å². The molecule has 0 aliphatic heterocycles. The maximum absolute atomic E-state index is 12.7. The first-order valence-electron chi connectivity index (χ1n) is 7.82. The quantitative estimate of drug-likeness (QED) is 0.587. The molecular formula is C17H13ClN6O2. The Balaban J connectivity index is 1.66. The lowest BCUT2D eigenvalue weighted by atomic mass is 10.2. The van der Waals surface area contributed by atoms with Crippen molar-refractivity contribution in [3.63, 3.8) is 0 Å². The standard InChI is InChI=1S/C17H13ClN6O2/c18-12-5-2-1-4-11(12)8-20-14(25)9-23-13-6-3-7-19-15(13)24-10-21-22-16(24)17(23)26/h1-7,10H,8-9H2,(H,20,25). The van der Waals surface area contributed by atoms with Gasteiger partial charge in [0.05, 0.1) is 5.52 Å². The van der Waals surface area contributed by atoms with Gasteiger partial charge in [-0.2, -0.15) is 0 Å². The van der Waals surface area contributed by atoms with E-state index in [1.54, 1.807) is 24.4 Å². The topological polar surface area (TPSA) is 94.2 Å². The van der Waals surface area contributed by atoms with Crippen LogP contribution >= 0.6 is 11.6 Å². The summed E-state index contributed by atoms with van der Waals surface area (Å²) in [6.45, 7) is 0.117. The van der Waals surface area contributed by atoms with Gasteiger partial charge in [-0.15, -0.1) is 10.2 Å². The number of carbonyl (C=O) groups excluding carboxylic acids is 1. The molecule has 9 heteroatoms. The van der Waals surface area contributed by atoms with Crippen molar-refractivity contribution in [2.24, 2.45) is 0 Å². The van der Waals surface area contributed by atoms with Crippen LogP contribution in [0.25, 0.3) is 16.8 Å². The van der Waals surface area contributed by atoms with Gasteiger partial charge in [0.25, 0.3) is 5.56 Å². The molecule has 0 saturated carbocycles. The van der Waals surface area contributed by atoms with Crippen molar-refractivity contribution in [3.05, 3.63) is 69.9 Å². The number of pyridine rings is 1. The Hall–Kier alpha value is -3.26. The molecule has 0 unspecified atom stereocenters.